The lowest BCUT2D eigenvalue weighted by Crippen LogP contribution is -2.58. The van der Waals surface area contributed by atoms with E-state index in [1.54, 1.807) is 0 Å². The molecule has 1 unspecified atom stereocenters. The molecule has 0 aliphatic carbocycles. The highest BCUT2D eigenvalue weighted by Crippen LogP contribution is 2.41. The van der Waals surface area contributed by atoms with Crippen molar-refractivity contribution in [2.24, 2.45) is 5.92 Å². The molecule has 16 heavy (non-hydrogen) atoms. The van der Waals surface area contributed by atoms with Gasteiger partial charge >= 0.3 is 0 Å². The van der Waals surface area contributed by atoms with Crippen LogP contribution in [-0.4, -0.2) is 36.7 Å². The lowest BCUT2D eigenvalue weighted by atomic mass is 9.75. The normalized spacial score (nSPS) is 40.3. The molecule has 0 radical (unpaired) electrons. The molecule has 86 valence electrons. The van der Waals surface area contributed by atoms with Gasteiger partial charge in [-0.25, -0.2) is 5.48 Å². The zero-order chi connectivity index (χ0) is 11.0. The third-order valence-corrected chi connectivity index (χ3v) is 3.78. The molecule has 4 rings (SSSR count). The highest BCUT2D eigenvalue weighted by atomic mass is 16.7. The van der Waals surface area contributed by atoms with Crippen molar-refractivity contribution in [3.8, 4) is 12.3 Å². The molecule has 1 spiro atoms. The van der Waals surface area contributed by atoms with Gasteiger partial charge in [-0.05, 0) is 31.8 Å². The molecular formula is C12H16N2O2. The Bertz CT molecular complexity index is 353. The van der Waals surface area contributed by atoms with Crippen LogP contribution in [0.3, 0.4) is 0 Å². The number of hydroxylamine groups is 1. The first-order chi connectivity index (χ1) is 7.82. The van der Waals surface area contributed by atoms with E-state index in [-0.39, 0.29) is 12.2 Å². The summed E-state index contributed by atoms with van der Waals surface area (Å²) in [5, 5.41) is 0. The Morgan fingerprint density at radius 1 is 1.62 bits per heavy atom. The quantitative estimate of drug-likeness (QED) is 0.686. The average molecular weight is 220 g/mol. The van der Waals surface area contributed by atoms with Gasteiger partial charge in [-0.1, -0.05) is 5.92 Å². The Balaban J connectivity index is 1.75. The van der Waals surface area contributed by atoms with Crippen LogP contribution < -0.4 is 5.48 Å². The number of terminal acetylenes is 1. The number of piperidine rings is 3. The van der Waals surface area contributed by atoms with Gasteiger partial charge in [0.1, 0.15) is 5.60 Å². The zero-order valence-corrected chi connectivity index (χ0v) is 9.24. The van der Waals surface area contributed by atoms with Crippen LogP contribution in [0.5, 0.6) is 0 Å². The summed E-state index contributed by atoms with van der Waals surface area (Å²) in [4.78, 5) is 8.19. The molecule has 0 aromatic heterocycles. The first kappa shape index (κ1) is 10.0. The van der Waals surface area contributed by atoms with Crippen molar-refractivity contribution in [1.29, 1.82) is 0 Å². The first-order valence-electron chi connectivity index (χ1n) is 5.78. The fourth-order valence-corrected chi connectivity index (χ4v) is 2.95. The Morgan fingerprint density at radius 3 is 3.06 bits per heavy atom. The second-order valence-electron chi connectivity index (χ2n) is 4.71. The van der Waals surface area contributed by atoms with E-state index in [4.69, 9.17) is 16.0 Å². The predicted octanol–water partition coefficient (Wildman–Crippen LogP) is 0.477. The van der Waals surface area contributed by atoms with E-state index in [0.29, 0.717) is 11.8 Å². The maximum Gasteiger partial charge on any atom is 0.210 e. The van der Waals surface area contributed by atoms with Crippen molar-refractivity contribution in [3.63, 3.8) is 0 Å². The number of hydrogen-bond acceptors (Lipinski definition) is 4. The average Bonchev–Trinajstić information content (AvgIpc) is 2.71. The highest BCUT2D eigenvalue weighted by molar-refractivity contribution is 5.17. The summed E-state index contributed by atoms with van der Waals surface area (Å²) >= 11 is 0. The third-order valence-electron chi connectivity index (χ3n) is 3.78. The van der Waals surface area contributed by atoms with E-state index in [0.717, 1.165) is 6.54 Å². The van der Waals surface area contributed by atoms with Gasteiger partial charge in [-0.15, -0.1) is 6.42 Å². The Labute approximate surface area is 95.5 Å². The van der Waals surface area contributed by atoms with E-state index < -0.39 is 0 Å². The van der Waals surface area contributed by atoms with E-state index in [1.807, 2.05) is 0 Å². The van der Waals surface area contributed by atoms with Crippen molar-refractivity contribution in [2.45, 2.75) is 18.4 Å². The summed E-state index contributed by atoms with van der Waals surface area (Å²) in [6.07, 6.45) is 9.65. The fourth-order valence-electron chi connectivity index (χ4n) is 2.95. The van der Waals surface area contributed by atoms with Crippen LogP contribution >= 0.6 is 0 Å². The summed E-state index contributed by atoms with van der Waals surface area (Å²) in [5.41, 5.74) is 2.67. The lowest BCUT2D eigenvalue weighted by Gasteiger charge is -2.48. The van der Waals surface area contributed by atoms with Gasteiger partial charge in [0, 0.05) is 12.6 Å². The van der Waals surface area contributed by atoms with Crippen LogP contribution in [0.2, 0.25) is 0 Å². The van der Waals surface area contributed by atoms with Gasteiger partial charge in [-0.2, -0.15) is 0 Å². The number of rotatable bonds is 2. The predicted molar refractivity (Wildman–Crippen MR) is 59.0 cm³/mol. The molecule has 4 heterocycles. The van der Waals surface area contributed by atoms with Crippen molar-refractivity contribution >= 4 is 0 Å². The van der Waals surface area contributed by atoms with Crippen LogP contribution in [0.4, 0.5) is 0 Å². The van der Waals surface area contributed by atoms with Crippen molar-refractivity contribution in [2.75, 3.05) is 26.2 Å². The molecule has 4 heteroatoms. The molecule has 4 aliphatic rings. The Hall–Kier alpha value is -1.18. The standard InChI is InChI=1S/C12H16N2O2/c1-2-7-15-11-8-12(16-13-11)9-14-5-3-10(12)4-6-14/h1,8,10,13H,3-7,9H2. The number of fused-ring (bicyclic) bond motifs is 2. The summed E-state index contributed by atoms with van der Waals surface area (Å²) in [7, 11) is 0. The van der Waals surface area contributed by atoms with Gasteiger partial charge in [0.05, 0.1) is 0 Å². The third kappa shape index (κ3) is 1.48. The second-order valence-corrected chi connectivity index (χ2v) is 4.71. The monoisotopic (exact) mass is 220 g/mol. The van der Waals surface area contributed by atoms with Crippen LogP contribution in [0.15, 0.2) is 12.0 Å². The molecular weight excluding hydrogens is 204 g/mol. The molecule has 0 amide bonds. The largest absolute Gasteiger partial charge is 0.465 e. The number of nitrogens with one attached hydrogen (secondary N) is 1. The summed E-state index contributed by atoms with van der Waals surface area (Å²) < 4.78 is 5.36. The van der Waals surface area contributed by atoms with Gasteiger partial charge in [0.15, 0.2) is 6.61 Å². The molecule has 2 bridgehead atoms. The smallest absolute Gasteiger partial charge is 0.210 e. The molecule has 0 aromatic rings. The first-order valence-corrected chi connectivity index (χ1v) is 5.78. The molecule has 1 atom stereocenters. The fraction of sp³-hybridized carbons (Fsp3) is 0.667. The lowest BCUT2D eigenvalue weighted by molar-refractivity contribution is -0.142. The molecule has 4 nitrogen and oxygen atoms in total. The van der Waals surface area contributed by atoms with Gasteiger partial charge in [-0.3, -0.25) is 9.74 Å². The second kappa shape index (κ2) is 3.69. The molecule has 0 aromatic carbocycles. The van der Waals surface area contributed by atoms with E-state index in [2.05, 4.69) is 22.4 Å². The molecule has 3 saturated heterocycles. The molecule has 3 fully saturated rings. The Kier molecular flexibility index (Phi) is 2.31. The maximum atomic E-state index is 5.75. The summed E-state index contributed by atoms with van der Waals surface area (Å²) in [6, 6.07) is 0. The zero-order valence-electron chi connectivity index (χ0n) is 9.24. The van der Waals surface area contributed by atoms with E-state index in [1.165, 1.54) is 25.9 Å². The maximum absolute atomic E-state index is 5.75. The summed E-state index contributed by atoms with van der Waals surface area (Å²) in [5.74, 6) is 3.73. The minimum absolute atomic E-state index is 0.180. The van der Waals surface area contributed by atoms with Gasteiger partial charge in [0.25, 0.3) is 0 Å². The van der Waals surface area contributed by atoms with Gasteiger partial charge < -0.3 is 4.74 Å². The minimum atomic E-state index is -0.180. The number of nitrogens with zero attached hydrogens (tertiary/aromatic N) is 1. The molecule has 1 N–H and O–H groups in total. The van der Waals surface area contributed by atoms with Crippen LogP contribution in [0, 0.1) is 18.3 Å². The minimum Gasteiger partial charge on any atom is -0.465 e. The SMILES string of the molecule is C#CCOC1=CC2(CN3CCC2CC3)ON1. The topological polar surface area (TPSA) is 33.7 Å². The summed E-state index contributed by atoms with van der Waals surface area (Å²) in [6.45, 7) is 3.65. The molecule has 0 saturated carbocycles. The van der Waals surface area contributed by atoms with Crippen LogP contribution in [-0.2, 0) is 9.57 Å². The van der Waals surface area contributed by atoms with E-state index in [9.17, 15) is 0 Å². The number of hydrogen-bond donors (Lipinski definition) is 1. The van der Waals surface area contributed by atoms with Gasteiger partial charge in [0.2, 0.25) is 5.88 Å². The Morgan fingerprint density at radius 2 is 2.44 bits per heavy atom. The highest BCUT2D eigenvalue weighted by Gasteiger charge is 2.50. The molecule has 4 aliphatic heterocycles. The number of ether oxygens (including phenoxy) is 1. The van der Waals surface area contributed by atoms with Crippen LogP contribution in [0.1, 0.15) is 12.8 Å². The van der Waals surface area contributed by atoms with Crippen molar-refractivity contribution < 1.29 is 9.57 Å². The van der Waals surface area contributed by atoms with Crippen molar-refractivity contribution in [1.82, 2.24) is 10.4 Å². The van der Waals surface area contributed by atoms with Crippen molar-refractivity contribution in [3.05, 3.63) is 12.0 Å². The van der Waals surface area contributed by atoms with E-state index >= 15 is 0 Å². The van der Waals surface area contributed by atoms with Crippen LogP contribution in [0.25, 0.3) is 0 Å².